The number of carbonyl (C=O) groups excluding carboxylic acids is 3. The molecule has 0 aliphatic heterocycles. The second-order valence-electron chi connectivity index (χ2n) is 8.52. The Bertz CT molecular complexity index is 1340. The first-order chi connectivity index (χ1) is 18.3. The quantitative estimate of drug-likeness (QED) is 0.212. The van der Waals surface area contributed by atoms with E-state index >= 15 is 0 Å². The summed E-state index contributed by atoms with van der Waals surface area (Å²) in [5, 5.41) is 4.58. The van der Waals surface area contributed by atoms with Gasteiger partial charge in [-0.1, -0.05) is 30.2 Å². The number of anilines is 3. The molecule has 0 radical (unpaired) electrons. The molecule has 0 saturated heterocycles. The summed E-state index contributed by atoms with van der Waals surface area (Å²) in [6, 6.07) is 18.9. The van der Waals surface area contributed by atoms with Gasteiger partial charge in [0.15, 0.2) is 0 Å². The number of ether oxygens (including phenoxy) is 2. The fraction of sp³-hybridized carbons (Fsp3) is 0.276. The summed E-state index contributed by atoms with van der Waals surface area (Å²) in [5.41, 5.74) is 2.37. The Morgan fingerprint density at radius 1 is 0.947 bits per heavy atom. The van der Waals surface area contributed by atoms with E-state index in [2.05, 4.69) is 11.2 Å². The SMILES string of the molecule is C#CCN(c1ccc(N(CC(=O)OC)Sc2ccc(NC(C)=O)cc2)c2ccccc12)[C@@H](C)CC(=O)OC. The number of methoxy groups -OCH3 is 2. The van der Waals surface area contributed by atoms with Crippen LogP contribution in [0, 0.1) is 12.3 Å². The molecule has 1 amide bonds. The van der Waals surface area contributed by atoms with Crippen LogP contribution < -0.4 is 14.5 Å². The number of nitrogens with zero attached hydrogens (tertiary/aromatic N) is 2. The third kappa shape index (κ3) is 7.20. The van der Waals surface area contributed by atoms with Gasteiger partial charge in [-0.2, -0.15) is 0 Å². The van der Waals surface area contributed by atoms with Crippen LogP contribution in [0.25, 0.3) is 10.8 Å². The number of carbonyl (C=O) groups is 3. The summed E-state index contributed by atoms with van der Waals surface area (Å²) >= 11 is 1.38. The van der Waals surface area contributed by atoms with Crippen LogP contribution in [0.1, 0.15) is 20.3 Å². The van der Waals surface area contributed by atoms with Gasteiger partial charge in [0.1, 0.15) is 6.54 Å². The molecule has 0 aromatic heterocycles. The summed E-state index contributed by atoms with van der Waals surface area (Å²) in [7, 11) is 2.72. The number of fused-ring (bicyclic) bond motifs is 1. The van der Waals surface area contributed by atoms with Gasteiger partial charge in [-0.15, -0.1) is 6.42 Å². The number of terminal acetylenes is 1. The molecule has 0 unspecified atom stereocenters. The Kier molecular flexibility index (Phi) is 10.0. The van der Waals surface area contributed by atoms with E-state index in [1.54, 1.807) is 0 Å². The normalized spacial score (nSPS) is 11.2. The number of amides is 1. The zero-order valence-electron chi connectivity index (χ0n) is 21.9. The van der Waals surface area contributed by atoms with Crippen LogP contribution in [0.5, 0.6) is 0 Å². The lowest BCUT2D eigenvalue weighted by molar-refractivity contribution is -0.141. The minimum atomic E-state index is -0.388. The van der Waals surface area contributed by atoms with Crippen LogP contribution in [0.4, 0.5) is 17.1 Å². The van der Waals surface area contributed by atoms with Crippen molar-refractivity contribution in [2.24, 2.45) is 0 Å². The van der Waals surface area contributed by atoms with Crippen molar-refractivity contribution >= 4 is 57.6 Å². The highest BCUT2D eigenvalue weighted by molar-refractivity contribution is 8.00. The fourth-order valence-corrected chi connectivity index (χ4v) is 4.96. The Labute approximate surface area is 227 Å². The Morgan fingerprint density at radius 3 is 2.13 bits per heavy atom. The van der Waals surface area contributed by atoms with E-state index in [-0.39, 0.29) is 36.9 Å². The van der Waals surface area contributed by atoms with Gasteiger partial charge < -0.3 is 24.0 Å². The maximum Gasteiger partial charge on any atom is 0.326 e. The van der Waals surface area contributed by atoms with Crippen molar-refractivity contribution in [2.75, 3.05) is 41.8 Å². The molecule has 0 aliphatic carbocycles. The molecule has 0 spiro atoms. The van der Waals surface area contributed by atoms with Crippen molar-refractivity contribution < 1.29 is 23.9 Å². The van der Waals surface area contributed by atoms with Crippen LogP contribution in [-0.4, -0.2) is 51.2 Å². The second kappa shape index (κ2) is 13.4. The molecule has 0 fully saturated rings. The van der Waals surface area contributed by atoms with E-state index in [0.717, 1.165) is 27.0 Å². The van der Waals surface area contributed by atoms with Crippen LogP contribution in [0.15, 0.2) is 65.6 Å². The summed E-state index contributed by atoms with van der Waals surface area (Å²) in [4.78, 5) is 38.6. The standard InChI is InChI=1S/C29H31N3O5S/c1-6-17-31(20(2)18-28(34)36-4)26-15-16-27(25-10-8-7-9-24(25)26)32(19-29(35)37-5)38-23-13-11-22(12-14-23)30-21(3)33/h1,7-16,20H,17-19H2,2-5H3,(H,30,33)/t20-/m0/s1. The highest BCUT2D eigenvalue weighted by Gasteiger charge is 2.22. The first kappa shape index (κ1) is 28.4. The van der Waals surface area contributed by atoms with Gasteiger partial charge in [0.2, 0.25) is 5.91 Å². The smallest absolute Gasteiger partial charge is 0.326 e. The number of benzene rings is 3. The number of hydrogen-bond acceptors (Lipinski definition) is 8. The first-order valence-corrected chi connectivity index (χ1v) is 12.7. The molecule has 198 valence electrons. The highest BCUT2D eigenvalue weighted by atomic mass is 32.2. The molecule has 3 aromatic rings. The van der Waals surface area contributed by atoms with Crippen molar-refractivity contribution in [1.29, 1.82) is 0 Å². The maximum atomic E-state index is 12.4. The van der Waals surface area contributed by atoms with Crippen LogP contribution >= 0.6 is 11.9 Å². The molecular formula is C29H31N3O5S. The van der Waals surface area contributed by atoms with Crippen molar-refractivity contribution in [3.63, 3.8) is 0 Å². The second-order valence-corrected chi connectivity index (χ2v) is 9.62. The van der Waals surface area contributed by atoms with E-state index < -0.39 is 0 Å². The number of rotatable bonds is 11. The van der Waals surface area contributed by atoms with Crippen LogP contribution in [0.2, 0.25) is 0 Å². The van der Waals surface area contributed by atoms with Crippen molar-refractivity contribution in [2.45, 2.75) is 31.2 Å². The third-order valence-corrected chi connectivity index (χ3v) is 6.86. The minimum Gasteiger partial charge on any atom is -0.469 e. The molecule has 3 rings (SSSR count). The van der Waals surface area contributed by atoms with E-state index in [9.17, 15) is 14.4 Å². The lowest BCUT2D eigenvalue weighted by atomic mass is 10.0. The van der Waals surface area contributed by atoms with Crippen molar-refractivity contribution in [1.82, 2.24) is 0 Å². The highest BCUT2D eigenvalue weighted by Crippen LogP contribution is 2.39. The molecule has 38 heavy (non-hydrogen) atoms. The largest absolute Gasteiger partial charge is 0.469 e. The molecule has 0 heterocycles. The Morgan fingerprint density at radius 2 is 1.55 bits per heavy atom. The lowest BCUT2D eigenvalue weighted by Gasteiger charge is -2.31. The first-order valence-electron chi connectivity index (χ1n) is 12.0. The van der Waals surface area contributed by atoms with Crippen LogP contribution in [-0.2, 0) is 23.9 Å². The summed E-state index contributed by atoms with van der Waals surface area (Å²) < 4.78 is 11.7. The van der Waals surface area contributed by atoms with Crippen LogP contribution in [0.3, 0.4) is 0 Å². The molecule has 1 N–H and O–H groups in total. The minimum absolute atomic E-state index is 0.00473. The zero-order chi connectivity index (χ0) is 27.7. The van der Waals surface area contributed by atoms with Gasteiger partial charge in [-0.3, -0.25) is 14.4 Å². The molecule has 0 saturated carbocycles. The van der Waals surface area contributed by atoms with E-state index in [0.29, 0.717) is 12.2 Å². The van der Waals surface area contributed by atoms with Gasteiger partial charge in [0.25, 0.3) is 0 Å². The predicted octanol–water partition coefficient (Wildman–Crippen LogP) is 4.88. The fourth-order valence-electron chi connectivity index (χ4n) is 4.02. The topological polar surface area (TPSA) is 88.2 Å². The molecule has 3 aromatic carbocycles. The average molecular weight is 534 g/mol. The molecule has 0 aliphatic rings. The van der Waals surface area contributed by atoms with Gasteiger partial charge >= 0.3 is 11.9 Å². The average Bonchev–Trinajstić information content (AvgIpc) is 2.91. The molecular weight excluding hydrogens is 502 g/mol. The van der Waals surface area contributed by atoms with E-state index in [1.165, 1.54) is 33.1 Å². The van der Waals surface area contributed by atoms with Gasteiger partial charge in [0, 0.05) is 40.0 Å². The van der Waals surface area contributed by atoms with E-state index in [1.807, 2.05) is 76.8 Å². The Hall–Kier alpha value is -4.16. The third-order valence-electron chi connectivity index (χ3n) is 5.83. The maximum absolute atomic E-state index is 12.4. The molecule has 9 heteroatoms. The number of nitrogens with one attached hydrogen (secondary N) is 1. The lowest BCUT2D eigenvalue weighted by Crippen LogP contribution is -2.35. The van der Waals surface area contributed by atoms with Crippen molar-refractivity contribution in [3.8, 4) is 12.3 Å². The molecule has 8 nitrogen and oxygen atoms in total. The molecule has 1 atom stereocenters. The van der Waals surface area contributed by atoms with Crippen molar-refractivity contribution in [3.05, 3.63) is 60.7 Å². The van der Waals surface area contributed by atoms with Gasteiger partial charge in [0.05, 0.1) is 32.9 Å². The summed E-state index contributed by atoms with van der Waals surface area (Å²) in [5.74, 6) is 1.84. The zero-order valence-corrected chi connectivity index (χ0v) is 22.7. The monoisotopic (exact) mass is 533 g/mol. The summed E-state index contributed by atoms with van der Waals surface area (Å²) in [6.07, 6.45) is 5.88. The van der Waals surface area contributed by atoms with Gasteiger partial charge in [-0.25, -0.2) is 0 Å². The Balaban J connectivity index is 2.04. The number of hydrogen-bond donors (Lipinski definition) is 1. The number of esters is 2. The summed E-state index contributed by atoms with van der Waals surface area (Å²) in [6.45, 7) is 3.70. The molecule has 0 bridgehead atoms. The van der Waals surface area contributed by atoms with Gasteiger partial charge in [-0.05, 0) is 55.3 Å². The van der Waals surface area contributed by atoms with E-state index in [4.69, 9.17) is 15.9 Å². The predicted molar refractivity (Wildman–Crippen MR) is 152 cm³/mol.